The molecule has 2 nitrogen and oxygen atoms in total. The summed E-state index contributed by atoms with van der Waals surface area (Å²) in [5, 5.41) is 0. The van der Waals surface area contributed by atoms with Crippen molar-refractivity contribution in [3.05, 3.63) is 53.6 Å². The fourth-order valence-corrected chi connectivity index (χ4v) is 2.83. The lowest BCUT2D eigenvalue weighted by molar-refractivity contribution is 0.309. The Balaban J connectivity index is 2.37. The van der Waals surface area contributed by atoms with Crippen molar-refractivity contribution in [2.24, 2.45) is 0 Å². The molecule has 0 aliphatic rings. The number of hydrogen-bond donors (Lipinski definition) is 0. The van der Waals surface area contributed by atoms with E-state index >= 15 is 0 Å². The summed E-state index contributed by atoms with van der Waals surface area (Å²) >= 11 is 0. The highest BCUT2D eigenvalue weighted by atomic mass is 16.5. The summed E-state index contributed by atoms with van der Waals surface area (Å²) in [6.07, 6.45) is 8.66. The molecule has 0 aliphatic carbocycles. The van der Waals surface area contributed by atoms with E-state index in [1.165, 1.54) is 22.3 Å². The number of aryl methyl sites for hydroxylation is 1. The van der Waals surface area contributed by atoms with Gasteiger partial charge in [-0.15, -0.1) is 0 Å². The SMILES string of the molecule is C/C=C/c1ccc(OCCCC)cc1-c1cc(OCCCC)ccc1C. The third-order valence-electron chi connectivity index (χ3n) is 4.40. The van der Waals surface area contributed by atoms with E-state index in [0.717, 1.165) is 50.4 Å². The molecule has 2 aromatic rings. The van der Waals surface area contributed by atoms with E-state index in [-0.39, 0.29) is 0 Å². The Hall–Kier alpha value is -2.22. The molecule has 0 saturated heterocycles. The van der Waals surface area contributed by atoms with Crippen LogP contribution in [0.15, 0.2) is 42.5 Å². The first kappa shape index (κ1) is 20.1. The molecule has 0 aromatic heterocycles. The standard InChI is InChI=1S/C24H32O2/c1-5-8-15-25-21-13-11-19(4)23(17-21)24-18-22(26-16-9-6-2)14-12-20(24)10-7-3/h7,10-14,17-18H,5-6,8-9,15-16H2,1-4H3/b10-7+. The van der Waals surface area contributed by atoms with Gasteiger partial charge < -0.3 is 9.47 Å². The lowest BCUT2D eigenvalue weighted by Crippen LogP contribution is -1.99. The third-order valence-corrected chi connectivity index (χ3v) is 4.40. The van der Waals surface area contributed by atoms with Crippen LogP contribution in [0, 0.1) is 6.92 Å². The Morgan fingerprint density at radius 2 is 1.38 bits per heavy atom. The van der Waals surface area contributed by atoms with E-state index in [9.17, 15) is 0 Å². The second-order valence-corrected chi connectivity index (χ2v) is 6.63. The van der Waals surface area contributed by atoms with Crippen molar-refractivity contribution in [3.63, 3.8) is 0 Å². The average molecular weight is 353 g/mol. The first-order valence-electron chi connectivity index (χ1n) is 9.83. The van der Waals surface area contributed by atoms with Crippen molar-refractivity contribution < 1.29 is 9.47 Å². The van der Waals surface area contributed by atoms with Gasteiger partial charge in [0.15, 0.2) is 0 Å². The van der Waals surface area contributed by atoms with E-state index in [2.05, 4.69) is 69.3 Å². The van der Waals surface area contributed by atoms with E-state index < -0.39 is 0 Å². The number of unbranched alkanes of at least 4 members (excludes halogenated alkanes) is 2. The van der Waals surface area contributed by atoms with Gasteiger partial charge in [-0.1, -0.05) is 51.0 Å². The van der Waals surface area contributed by atoms with Crippen LogP contribution in [0.3, 0.4) is 0 Å². The molecule has 0 saturated carbocycles. The van der Waals surface area contributed by atoms with Gasteiger partial charge in [0.05, 0.1) is 13.2 Å². The zero-order valence-electron chi connectivity index (χ0n) is 16.7. The van der Waals surface area contributed by atoms with Gasteiger partial charge in [-0.3, -0.25) is 0 Å². The molecule has 2 aromatic carbocycles. The molecule has 0 atom stereocenters. The highest BCUT2D eigenvalue weighted by Gasteiger charge is 2.10. The molecular weight excluding hydrogens is 320 g/mol. The molecule has 0 radical (unpaired) electrons. The van der Waals surface area contributed by atoms with Gasteiger partial charge in [0.1, 0.15) is 11.5 Å². The summed E-state index contributed by atoms with van der Waals surface area (Å²) in [5.74, 6) is 1.86. The van der Waals surface area contributed by atoms with Crippen LogP contribution in [0.2, 0.25) is 0 Å². The molecule has 0 heterocycles. The molecule has 2 heteroatoms. The average Bonchev–Trinajstić information content (AvgIpc) is 2.65. The second kappa shape index (κ2) is 10.7. The quantitative estimate of drug-likeness (QED) is 0.426. The lowest BCUT2D eigenvalue weighted by atomic mass is 9.95. The zero-order valence-corrected chi connectivity index (χ0v) is 16.7. The van der Waals surface area contributed by atoms with Gasteiger partial charge in [-0.2, -0.15) is 0 Å². The molecule has 0 spiro atoms. The highest BCUT2D eigenvalue weighted by molar-refractivity contribution is 5.79. The van der Waals surface area contributed by atoms with Crippen LogP contribution in [0.5, 0.6) is 11.5 Å². The predicted octanol–water partition coefficient (Wildman–Crippen LogP) is 7.05. The van der Waals surface area contributed by atoms with Crippen LogP contribution in [-0.4, -0.2) is 13.2 Å². The Morgan fingerprint density at radius 1 is 0.808 bits per heavy atom. The van der Waals surface area contributed by atoms with E-state index in [0.29, 0.717) is 0 Å². The third kappa shape index (κ3) is 5.66. The summed E-state index contributed by atoms with van der Waals surface area (Å²) < 4.78 is 11.9. The van der Waals surface area contributed by atoms with Crippen LogP contribution in [0.1, 0.15) is 57.6 Å². The minimum Gasteiger partial charge on any atom is -0.494 e. The summed E-state index contributed by atoms with van der Waals surface area (Å²) in [6.45, 7) is 10.1. The Labute approximate surface area is 158 Å². The maximum Gasteiger partial charge on any atom is 0.119 e. The minimum absolute atomic E-state index is 0.762. The molecule has 26 heavy (non-hydrogen) atoms. The molecule has 0 N–H and O–H groups in total. The van der Waals surface area contributed by atoms with Crippen molar-refractivity contribution in [1.82, 2.24) is 0 Å². The smallest absolute Gasteiger partial charge is 0.119 e. The van der Waals surface area contributed by atoms with Gasteiger partial charge in [-0.05, 0) is 73.2 Å². The Bertz CT molecular complexity index is 716. The number of allylic oxidation sites excluding steroid dienone is 1. The van der Waals surface area contributed by atoms with Crippen LogP contribution in [-0.2, 0) is 0 Å². The van der Waals surface area contributed by atoms with Gasteiger partial charge in [0.25, 0.3) is 0 Å². The van der Waals surface area contributed by atoms with E-state index in [4.69, 9.17) is 9.47 Å². The minimum atomic E-state index is 0.762. The maximum absolute atomic E-state index is 5.94. The van der Waals surface area contributed by atoms with Crippen molar-refractivity contribution >= 4 is 6.08 Å². The predicted molar refractivity (Wildman–Crippen MR) is 112 cm³/mol. The monoisotopic (exact) mass is 352 g/mol. The highest BCUT2D eigenvalue weighted by Crippen LogP contribution is 2.34. The molecule has 140 valence electrons. The van der Waals surface area contributed by atoms with Crippen molar-refractivity contribution in [2.75, 3.05) is 13.2 Å². The summed E-state index contributed by atoms with van der Waals surface area (Å²) in [6, 6.07) is 12.7. The zero-order chi connectivity index (χ0) is 18.8. The van der Waals surface area contributed by atoms with Crippen molar-refractivity contribution in [2.45, 2.75) is 53.4 Å². The number of rotatable bonds is 10. The lowest BCUT2D eigenvalue weighted by Gasteiger charge is -2.15. The van der Waals surface area contributed by atoms with E-state index in [1.807, 2.05) is 6.92 Å². The molecular formula is C24H32O2. The van der Waals surface area contributed by atoms with Crippen LogP contribution in [0.25, 0.3) is 17.2 Å². The maximum atomic E-state index is 5.94. The molecule has 0 unspecified atom stereocenters. The van der Waals surface area contributed by atoms with Crippen molar-refractivity contribution in [1.29, 1.82) is 0 Å². The largest absolute Gasteiger partial charge is 0.494 e. The first-order chi connectivity index (χ1) is 12.7. The summed E-state index contributed by atoms with van der Waals surface area (Å²) in [5.41, 5.74) is 4.83. The number of ether oxygens (including phenoxy) is 2. The molecule has 0 fully saturated rings. The fraction of sp³-hybridized carbons (Fsp3) is 0.417. The first-order valence-corrected chi connectivity index (χ1v) is 9.83. The number of benzene rings is 2. The Morgan fingerprint density at radius 3 is 1.96 bits per heavy atom. The normalized spacial score (nSPS) is 11.1. The van der Waals surface area contributed by atoms with Crippen LogP contribution in [0.4, 0.5) is 0 Å². The molecule has 0 aliphatic heterocycles. The van der Waals surface area contributed by atoms with E-state index in [1.54, 1.807) is 0 Å². The van der Waals surface area contributed by atoms with Gasteiger partial charge in [-0.25, -0.2) is 0 Å². The van der Waals surface area contributed by atoms with Crippen LogP contribution >= 0.6 is 0 Å². The number of hydrogen-bond acceptors (Lipinski definition) is 2. The summed E-state index contributed by atoms with van der Waals surface area (Å²) in [4.78, 5) is 0. The van der Waals surface area contributed by atoms with Gasteiger partial charge in [0, 0.05) is 0 Å². The topological polar surface area (TPSA) is 18.5 Å². The summed E-state index contributed by atoms with van der Waals surface area (Å²) in [7, 11) is 0. The molecule has 0 bridgehead atoms. The van der Waals surface area contributed by atoms with Crippen molar-refractivity contribution in [3.8, 4) is 22.6 Å². The molecule has 0 amide bonds. The van der Waals surface area contributed by atoms with Gasteiger partial charge >= 0.3 is 0 Å². The van der Waals surface area contributed by atoms with Crippen LogP contribution < -0.4 is 9.47 Å². The second-order valence-electron chi connectivity index (χ2n) is 6.63. The molecule has 2 rings (SSSR count). The Kier molecular flexibility index (Phi) is 8.27. The van der Waals surface area contributed by atoms with Gasteiger partial charge in [0.2, 0.25) is 0 Å². The fourth-order valence-electron chi connectivity index (χ4n) is 2.83.